The minimum atomic E-state index is -3.89. The predicted molar refractivity (Wildman–Crippen MR) is 127 cm³/mol. The molecule has 0 unspecified atom stereocenters. The highest BCUT2D eigenvalue weighted by molar-refractivity contribution is 7.92. The first-order chi connectivity index (χ1) is 15.8. The molecule has 1 amide bonds. The Morgan fingerprint density at radius 3 is 2.36 bits per heavy atom. The molecule has 1 heterocycles. The van der Waals surface area contributed by atoms with Crippen molar-refractivity contribution >= 4 is 33.3 Å². The Morgan fingerprint density at radius 1 is 1.03 bits per heavy atom. The van der Waals surface area contributed by atoms with Crippen LogP contribution in [0, 0.1) is 0 Å². The van der Waals surface area contributed by atoms with Crippen molar-refractivity contribution in [1.29, 1.82) is 0 Å². The summed E-state index contributed by atoms with van der Waals surface area (Å²) in [7, 11) is -3.89. The van der Waals surface area contributed by atoms with Gasteiger partial charge >= 0.3 is 5.97 Å². The quantitative estimate of drug-likeness (QED) is 0.452. The number of benzene rings is 2. The van der Waals surface area contributed by atoms with Crippen LogP contribution in [0.4, 0.5) is 11.4 Å². The Hall–Kier alpha value is -3.11. The molecule has 0 radical (unpaired) electrons. The Balaban J connectivity index is 1.73. The standard InChI is InChI=1S/C23H30N4O5S/c1-2-3-11-24-22(28)17-26-12-14-27(15-13-26)21-10-9-18(23(29)30)16-20(21)25-33(31,32)19-7-5-4-6-8-19/h4-10,16,25H,2-3,11-15,17H2,1H3,(H,24,28)(H,29,30). The molecule has 0 aromatic heterocycles. The number of rotatable bonds is 10. The van der Waals surface area contributed by atoms with Gasteiger partial charge in [-0.15, -0.1) is 0 Å². The van der Waals surface area contributed by atoms with Gasteiger partial charge in [-0.2, -0.15) is 0 Å². The summed E-state index contributed by atoms with van der Waals surface area (Å²) in [6.07, 6.45) is 1.98. The number of amides is 1. The van der Waals surface area contributed by atoms with Crippen molar-refractivity contribution in [2.24, 2.45) is 0 Å². The molecule has 2 aromatic carbocycles. The minimum absolute atomic E-state index is 0.000906. The van der Waals surface area contributed by atoms with Crippen molar-refractivity contribution in [2.75, 3.05) is 48.9 Å². The van der Waals surface area contributed by atoms with Crippen molar-refractivity contribution < 1.29 is 23.1 Å². The molecule has 178 valence electrons. The van der Waals surface area contributed by atoms with Crippen molar-refractivity contribution in [2.45, 2.75) is 24.7 Å². The number of hydrogen-bond acceptors (Lipinski definition) is 6. The molecule has 1 fully saturated rings. The molecular formula is C23H30N4O5S. The van der Waals surface area contributed by atoms with Gasteiger partial charge in [0.05, 0.1) is 28.4 Å². The molecule has 0 atom stereocenters. The molecule has 9 nitrogen and oxygen atoms in total. The third-order valence-electron chi connectivity index (χ3n) is 5.47. The zero-order valence-electron chi connectivity index (χ0n) is 18.7. The summed E-state index contributed by atoms with van der Waals surface area (Å²) >= 11 is 0. The minimum Gasteiger partial charge on any atom is -0.478 e. The molecule has 3 N–H and O–H groups in total. The second kappa shape index (κ2) is 11.2. The van der Waals surface area contributed by atoms with Crippen LogP contribution in [0.3, 0.4) is 0 Å². The van der Waals surface area contributed by atoms with Gasteiger partial charge in [0.1, 0.15) is 0 Å². The summed E-state index contributed by atoms with van der Waals surface area (Å²) in [5.41, 5.74) is 0.808. The number of piperazine rings is 1. The molecule has 1 aliphatic rings. The van der Waals surface area contributed by atoms with Crippen molar-refractivity contribution in [3.05, 3.63) is 54.1 Å². The number of carbonyl (C=O) groups is 2. The van der Waals surface area contributed by atoms with Crippen molar-refractivity contribution in [3.63, 3.8) is 0 Å². The predicted octanol–water partition coefficient (Wildman–Crippen LogP) is 2.22. The highest BCUT2D eigenvalue weighted by Gasteiger charge is 2.24. The van der Waals surface area contributed by atoms with E-state index < -0.39 is 16.0 Å². The number of nitrogens with zero attached hydrogens (tertiary/aromatic N) is 2. The summed E-state index contributed by atoms with van der Waals surface area (Å²) in [6, 6.07) is 12.4. The first-order valence-corrected chi connectivity index (χ1v) is 12.5. The average molecular weight is 475 g/mol. The lowest BCUT2D eigenvalue weighted by Gasteiger charge is -2.36. The maximum absolute atomic E-state index is 12.9. The summed E-state index contributed by atoms with van der Waals surface area (Å²) in [5.74, 6) is -1.14. The van der Waals surface area contributed by atoms with Crippen LogP contribution in [0.15, 0.2) is 53.4 Å². The molecule has 1 saturated heterocycles. The lowest BCUT2D eigenvalue weighted by atomic mass is 10.1. The van der Waals surface area contributed by atoms with Crippen LogP contribution in [0.5, 0.6) is 0 Å². The van der Waals surface area contributed by atoms with Crippen LogP contribution in [0.2, 0.25) is 0 Å². The van der Waals surface area contributed by atoms with Crippen LogP contribution in [-0.4, -0.2) is 69.6 Å². The lowest BCUT2D eigenvalue weighted by molar-refractivity contribution is -0.122. The highest BCUT2D eigenvalue weighted by atomic mass is 32.2. The zero-order chi connectivity index (χ0) is 23.8. The van der Waals surface area contributed by atoms with E-state index in [0.717, 1.165) is 12.8 Å². The SMILES string of the molecule is CCCCNC(=O)CN1CCN(c2ccc(C(=O)O)cc2NS(=O)(=O)c2ccccc2)CC1. The van der Waals surface area contributed by atoms with E-state index in [9.17, 15) is 23.1 Å². The van der Waals surface area contributed by atoms with Gasteiger partial charge in [0, 0.05) is 32.7 Å². The Kier molecular flexibility index (Phi) is 8.29. The normalized spacial score (nSPS) is 14.6. The van der Waals surface area contributed by atoms with Gasteiger partial charge in [0.15, 0.2) is 0 Å². The summed E-state index contributed by atoms with van der Waals surface area (Å²) < 4.78 is 28.3. The molecular weight excluding hydrogens is 444 g/mol. The van der Waals surface area contributed by atoms with E-state index in [2.05, 4.69) is 21.9 Å². The average Bonchev–Trinajstić information content (AvgIpc) is 2.80. The smallest absolute Gasteiger partial charge is 0.335 e. The zero-order valence-corrected chi connectivity index (χ0v) is 19.5. The van der Waals surface area contributed by atoms with E-state index in [4.69, 9.17) is 0 Å². The van der Waals surface area contributed by atoms with Gasteiger partial charge in [0.2, 0.25) is 5.91 Å². The van der Waals surface area contributed by atoms with E-state index in [1.807, 2.05) is 4.90 Å². The first-order valence-electron chi connectivity index (χ1n) is 11.0. The summed E-state index contributed by atoms with van der Waals surface area (Å²) in [4.78, 5) is 27.7. The molecule has 0 spiro atoms. The van der Waals surface area contributed by atoms with Gasteiger partial charge < -0.3 is 15.3 Å². The molecule has 0 aliphatic carbocycles. The topological polar surface area (TPSA) is 119 Å². The molecule has 1 aliphatic heterocycles. The fourth-order valence-corrected chi connectivity index (χ4v) is 4.73. The molecule has 0 saturated carbocycles. The van der Waals surface area contributed by atoms with Crippen molar-refractivity contribution in [3.8, 4) is 0 Å². The second-order valence-corrected chi connectivity index (χ2v) is 9.60. The van der Waals surface area contributed by atoms with Crippen LogP contribution in [0.1, 0.15) is 30.1 Å². The fraction of sp³-hybridized carbons (Fsp3) is 0.391. The van der Waals surface area contributed by atoms with Crippen LogP contribution in [0.25, 0.3) is 0 Å². The van der Waals surface area contributed by atoms with E-state index in [1.165, 1.54) is 24.3 Å². The first kappa shape index (κ1) is 24.5. The van der Waals surface area contributed by atoms with E-state index >= 15 is 0 Å². The van der Waals surface area contributed by atoms with Gasteiger partial charge in [-0.05, 0) is 36.8 Å². The third-order valence-corrected chi connectivity index (χ3v) is 6.86. The largest absolute Gasteiger partial charge is 0.478 e. The Labute approximate surface area is 194 Å². The van der Waals surface area contributed by atoms with E-state index in [-0.39, 0.29) is 22.1 Å². The summed E-state index contributed by atoms with van der Waals surface area (Å²) in [5, 5.41) is 12.3. The number of hydrogen-bond donors (Lipinski definition) is 3. The monoisotopic (exact) mass is 474 g/mol. The molecule has 2 aromatic rings. The Bertz CT molecular complexity index is 1070. The highest BCUT2D eigenvalue weighted by Crippen LogP contribution is 2.30. The summed E-state index contributed by atoms with van der Waals surface area (Å²) in [6.45, 7) is 5.49. The Morgan fingerprint density at radius 2 is 1.73 bits per heavy atom. The maximum atomic E-state index is 12.9. The van der Waals surface area contributed by atoms with Gasteiger partial charge in [-0.25, -0.2) is 13.2 Å². The van der Waals surface area contributed by atoms with Gasteiger partial charge in [-0.3, -0.25) is 14.4 Å². The van der Waals surface area contributed by atoms with E-state index in [0.29, 0.717) is 45.0 Å². The molecule has 0 bridgehead atoms. The fourth-order valence-electron chi connectivity index (χ4n) is 3.64. The maximum Gasteiger partial charge on any atom is 0.335 e. The number of carboxylic acid groups (broad SMARTS) is 1. The second-order valence-electron chi connectivity index (χ2n) is 7.92. The van der Waals surface area contributed by atoms with Gasteiger partial charge in [-0.1, -0.05) is 31.5 Å². The van der Waals surface area contributed by atoms with Gasteiger partial charge in [0.25, 0.3) is 10.0 Å². The number of sulfonamides is 1. The lowest BCUT2D eigenvalue weighted by Crippen LogP contribution is -2.49. The van der Waals surface area contributed by atoms with Crippen molar-refractivity contribution in [1.82, 2.24) is 10.2 Å². The molecule has 3 rings (SSSR count). The number of unbranched alkanes of at least 4 members (excludes halogenated alkanes) is 1. The number of aromatic carboxylic acids is 1. The molecule has 10 heteroatoms. The third kappa shape index (κ3) is 6.69. The number of carboxylic acids is 1. The van der Waals surface area contributed by atoms with Crippen LogP contribution < -0.4 is 14.9 Å². The van der Waals surface area contributed by atoms with Crippen LogP contribution >= 0.6 is 0 Å². The number of nitrogens with one attached hydrogen (secondary N) is 2. The number of carbonyl (C=O) groups excluding carboxylic acids is 1. The van der Waals surface area contributed by atoms with E-state index in [1.54, 1.807) is 24.3 Å². The number of anilines is 2. The molecule has 33 heavy (non-hydrogen) atoms. The van der Waals surface area contributed by atoms with Crippen LogP contribution in [-0.2, 0) is 14.8 Å².